The van der Waals surface area contributed by atoms with Gasteiger partial charge in [0.2, 0.25) is 5.91 Å². The molecule has 1 rings (SSSR count). The van der Waals surface area contributed by atoms with Crippen molar-refractivity contribution in [1.29, 1.82) is 0 Å². The minimum absolute atomic E-state index is 0.177. The lowest BCUT2D eigenvalue weighted by molar-refractivity contribution is -0.117. The molecular weight excluding hydrogens is 286 g/mol. The first-order chi connectivity index (χ1) is 7.71. The maximum absolute atomic E-state index is 11.7. The smallest absolute Gasteiger partial charge is 0.335 e. The Bertz CT molecular complexity index is 463. The number of aryl methyl sites for hydroxylation is 1. The Morgan fingerprint density at radius 1 is 1.35 bits per heavy atom. The number of carboxylic acids is 1. The zero-order valence-corrected chi connectivity index (χ0v) is 11.5. The highest BCUT2D eigenvalue weighted by molar-refractivity contribution is 9.10. The SMILES string of the molecule is Cc1cc(C(=O)O)ccc1NC(=O)C(C)(C)Br. The van der Waals surface area contributed by atoms with Gasteiger partial charge in [-0.1, -0.05) is 15.9 Å². The maximum atomic E-state index is 11.7. The Labute approximate surface area is 108 Å². The number of carbonyl (C=O) groups excluding carboxylic acids is 1. The second kappa shape index (κ2) is 4.87. The third-order valence-corrected chi connectivity index (χ3v) is 2.62. The van der Waals surface area contributed by atoms with Crippen LogP contribution in [-0.2, 0) is 4.79 Å². The number of halogens is 1. The van der Waals surface area contributed by atoms with Gasteiger partial charge in [-0.2, -0.15) is 0 Å². The molecule has 0 aliphatic heterocycles. The molecule has 4 nitrogen and oxygen atoms in total. The maximum Gasteiger partial charge on any atom is 0.335 e. The molecular formula is C12H14BrNO3. The Morgan fingerprint density at radius 2 is 1.94 bits per heavy atom. The van der Waals surface area contributed by atoms with Crippen molar-refractivity contribution in [2.24, 2.45) is 0 Å². The number of carbonyl (C=O) groups is 2. The van der Waals surface area contributed by atoms with Crippen LogP contribution in [0.2, 0.25) is 0 Å². The fourth-order valence-electron chi connectivity index (χ4n) is 1.21. The topological polar surface area (TPSA) is 66.4 Å². The second-order valence-electron chi connectivity index (χ2n) is 4.26. The van der Waals surface area contributed by atoms with Gasteiger partial charge in [0.05, 0.1) is 9.89 Å². The molecule has 0 aliphatic carbocycles. The first-order valence-electron chi connectivity index (χ1n) is 5.06. The quantitative estimate of drug-likeness (QED) is 0.844. The van der Waals surface area contributed by atoms with Gasteiger partial charge in [0.25, 0.3) is 0 Å². The highest BCUT2D eigenvalue weighted by Crippen LogP contribution is 2.21. The number of nitrogens with one attached hydrogen (secondary N) is 1. The molecule has 0 aliphatic rings. The monoisotopic (exact) mass is 299 g/mol. The highest BCUT2D eigenvalue weighted by Gasteiger charge is 2.24. The first-order valence-corrected chi connectivity index (χ1v) is 5.85. The van der Waals surface area contributed by atoms with E-state index in [2.05, 4.69) is 21.2 Å². The van der Waals surface area contributed by atoms with Crippen molar-refractivity contribution >= 4 is 33.5 Å². The number of anilines is 1. The highest BCUT2D eigenvalue weighted by atomic mass is 79.9. The summed E-state index contributed by atoms with van der Waals surface area (Å²) >= 11 is 3.26. The number of alkyl halides is 1. The van der Waals surface area contributed by atoms with Crippen LogP contribution in [0, 0.1) is 6.92 Å². The van der Waals surface area contributed by atoms with E-state index in [4.69, 9.17) is 5.11 Å². The molecule has 0 spiro atoms. The summed E-state index contributed by atoms with van der Waals surface area (Å²) in [5.74, 6) is -1.16. The Morgan fingerprint density at radius 3 is 2.35 bits per heavy atom. The Balaban J connectivity index is 2.95. The van der Waals surface area contributed by atoms with Gasteiger partial charge in [-0.15, -0.1) is 0 Å². The summed E-state index contributed by atoms with van der Waals surface area (Å²) in [5, 5.41) is 11.6. The van der Waals surface area contributed by atoms with Crippen molar-refractivity contribution in [3.05, 3.63) is 29.3 Å². The number of hydrogen-bond donors (Lipinski definition) is 2. The lowest BCUT2D eigenvalue weighted by Gasteiger charge is -2.17. The predicted molar refractivity (Wildman–Crippen MR) is 69.8 cm³/mol. The van der Waals surface area contributed by atoms with Crippen LogP contribution in [0.4, 0.5) is 5.69 Å². The third-order valence-electron chi connectivity index (χ3n) is 2.26. The van der Waals surface area contributed by atoms with Crippen molar-refractivity contribution in [2.75, 3.05) is 5.32 Å². The molecule has 1 aromatic carbocycles. The van der Waals surface area contributed by atoms with Crippen LogP contribution in [0.25, 0.3) is 0 Å². The summed E-state index contributed by atoms with van der Waals surface area (Å²) in [6, 6.07) is 4.58. The summed E-state index contributed by atoms with van der Waals surface area (Å²) in [6.07, 6.45) is 0. The van der Waals surface area contributed by atoms with Gasteiger partial charge in [0.15, 0.2) is 0 Å². The van der Waals surface area contributed by atoms with E-state index in [9.17, 15) is 9.59 Å². The van der Waals surface area contributed by atoms with Crippen molar-refractivity contribution in [3.63, 3.8) is 0 Å². The van der Waals surface area contributed by atoms with E-state index < -0.39 is 10.3 Å². The van der Waals surface area contributed by atoms with Crippen molar-refractivity contribution < 1.29 is 14.7 Å². The number of benzene rings is 1. The molecule has 0 fully saturated rings. The van der Waals surface area contributed by atoms with Gasteiger partial charge in [-0.25, -0.2) is 4.79 Å². The van der Waals surface area contributed by atoms with Gasteiger partial charge in [-0.3, -0.25) is 4.79 Å². The van der Waals surface area contributed by atoms with Gasteiger partial charge in [0, 0.05) is 5.69 Å². The molecule has 0 saturated carbocycles. The molecule has 0 aromatic heterocycles. The zero-order valence-electron chi connectivity index (χ0n) is 9.87. The van der Waals surface area contributed by atoms with Crippen LogP contribution in [0.1, 0.15) is 29.8 Å². The molecule has 0 heterocycles. The third kappa shape index (κ3) is 3.56. The molecule has 17 heavy (non-hydrogen) atoms. The molecule has 2 N–H and O–H groups in total. The largest absolute Gasteiger partial charge is 0.478 e. The van der Waals surface area contributed by atoms with Crippen LogP contribution >= 0.6 is 15.9 Å². The van der Waals surface area contributed by atoms with Crippen LogP contribution < -0.4 is 5.32 Å². The van der Waals surface area contributed by atoms with Crippen molar-refractivity contribution in [1.82, 2.24) is 0 Å². The van der Waals surface area contributed by atoms with E-state index >= 15 is 0 Å². The van der Waals surface area contributed by atoms with Gasteiger partial charge in [0.1, 0.15) is 0 Å². The normalized spacial score (nSPS) is 11.1. The van der Waals surface area contributed by atoms with Gasteiger partial charge in [-0.05, 0) is 44.5 Å². The molecule has 1 aromatic rings. The van der Waals surface area contributed by atoms with Gasteiger partial charge >= 0.3 is 5.97 Å². The molecule has 0 saturated heterocycles. The number of carboxylic acid groups (broad SMARTS) is 1. The lowest BCUT2D eigenvalue weighted by Crippen LogP contribution is -2.31. The molecule has 92 valence electrons. The fraction of sp³-hybridized carbons (Fsp3) is 0.333. The van der Waals surface area contributed by atoms with E-state index in [0.717, 1.165) is 5.56 Å². The molecule has 0 atom stereocenters. The summed E-state index contributed by atoms with van der Waals surface area (Å²) in [7, 11) is 0. The predicted octanol–water partition coefficient (Wildman–Crippen LogP) is 2.81. The Hall–Kier alpha value is -1.36. The number of amides is 1. The lowest BCUT2D eigenvalue weighted by atomic mass is 10.1. The van der Waals surface area contributed by atoms with Crippen molar-refractivity contribution in [3.8, 4) is 0 Å². The Kier molecular flexibility index (Phi) is 3.93. The second-order valence-corrected chi connectivity index (χ2v) is 6.24. The number of aromatic carboxylic acids is 1. The van der Waals surface area contributed by atoms with Gasteiger partial charge < -0.3 is 10.4 Å². The first kappa shape index (κ1) is 13.7. The van der Waals surface area contributed by atoms with Crippen LogP contribution in [-0.4, -0.2) is 21.3 Å². The van der Waals surface area contributed by atoms with Crippen LogP contribution in [0.15, 0.2) is 18.2 Å². The standard InChI is InChI=1S/C12H14BrNO3/c1-7-6-8(10(15)16)4-5-9(7)14-11(17)12(2,3)13/h4-6H,1-3H3,(H,14,17)(H,15,16). The molecule has 1 amide bonds. The average molecular weight is 300 g/mol. The van der Waals surface area contributed by atoms with E-state index in [0.29, 0.717) is 5.69 Å². The van der Waals surface area contributed by atoms with Crippen molar-refractivity contribution in [2.45, 2.75) is 25.1 Å². The van der Waals surface area contributed by atoms with Crippen LogP contribution in [0.3, 0.4) is 0 Å². The molecule has 0 bridgehead atoms. The van der Waals surface area contributed by atoms with E-state index in [1.165, 1.54) is 12.1 Å². The summed E-state index contributed by atoms with van der Waals surface area (Å²) in [6.45, 7) is 5.23. The molecule has 5 heteroatoms. The van der Waals surface area contributed by atoms with Crippen LogP contribution in [0.5, 0.6) is 0 Å². The molecule has 0 radical (unpaired) electrons. The van der Waals surface area contributed by atoms with E-state index in [1.807, 2.05) is 0 Å². The van der Waals surface area contributed by atoms with E-state index in [1.54, 1.807) is 26.8 Å². The molecule has 0 unspecified atom stereocenters. The number of hydrogen-bond acceptors (Lipinski definition) is 2. The summed E-state index contributed by atoms with van der Waals surface area (Å²) in [5.41, 5.74) is 1.54. The fourth-order valence-corrected chi connectivity index (χ4v) is 1.31. The summed E-state index contributed by atoms with van der Waals surface area (Å²) < 4.78 is -0.662. The number of rotatable bonds is 3. The summed E-state index contributed by atoms with van der Waals surface area (Å²) in [4.78, 5) is 22.5. The minimum atomic E-state index is -0.980. The minimum Gasteiger partial charge on any atom is -0.478 e. The van der Waals surface area contributed by atoms with E-state index in [-0.39, 0.29) is 11.5 Å². The average Bonchev–Trinajstić information content (AvgIpc) is 2.19. The zero-order chi connectivity index (χ0) is 13.2.